The van der Waals surface area contributed by atoms with E-state index in [0.29, 0.717) is 13.1 Å². The molecule has 0 bridgehead atoms. The highest BCUT2D eigenvalue weighted by Gasteiger charge is 2.44. The zero-order valence-electron chi connectivity index (χ0n) is 15.4. The zero-order chi connectivity index (χ0) is 18.4. The Labute approximate surface area is 154 Å². The minimum Gasteiger partial charge on any atom is -0.497 e. The van der Waals surface area contributed by atoms with Crippen molar-refractivity contribution in [3.8, 4) is 11.5 Å². The molecule has 0 unspecified atom stereocenters. The number of nitrogens with one attached hydrogen (secondary N) is 2. The highest BCUT2D eigenvalue weighted by molar-refractivity contribution is 5.74. The third-order valence-corrected chi connectivity index (χ3v) is 5.00. The first kappa shape index (κ1) is 18.1. The van der Waals surface area contributed by atoms with E-state index in [-0.39, 0.29) is 11.4 Å². The van der Waals surface area contributed by atoms with Crippen molar-refractivity contribution in [3.63, 3.8) is 0 Å². The van der Waals surface area contributed by atoms with Crippen molar-refractivity contribution in [3.05, 3.63) is 59.7 Å². The minimum atomic E-state index is -0.113. The van der Waals surface area contributed by atoms with Gasteiger partial charge in [-0.2, -0.15) is 0 Å². The van der Waals surface area contributed by atoms with E-state index in [9.17, 15) is 4.79 Å². The fourth-order valence-electron chi connectivity index (χ4n) is 3.09. The van der Waals surface area contributed by atoms with Crippen molar-refractivity contribution < 1.29 is 14.3 Å². The Kier molecular flexibility index (Phi) is 5.66. The Morgan fingerprint density at radius 1 is 0.923 bits per heavy atom. The number of hydrogen-bond acceptors (Lipinski definition) is 3. The summed E-state index contributed by atoms with van der Waals surface area (Å²) in [4.78, 5) is 12.1. The number of urea groups is 1. The Morgan fingerprint density at radius 3 is 2.04 bits per heavy atom. The van der Waals surface area contributed by atoms with E-state index in [0.717, 1.165) is 30.8 Å². The molecule has 1 fully saturated rings. The third kappa shape index (κ3) is 4.48. The topological polar surface area (TPSA) is 59.6 Å². The quantitative estimate of drug-likeness (QED) is 0.765. The van der Waals surface area contributed by atoms with E-state index in [2.05, 4.69) is 22.8 Å². The molecule has 138 valence electrons. The van der Waals surface area contributed by atoms with Gasteiger partial charge in [0.15, 0.2) is 0 Å². The zero-order valence-corrected chi connectivity index (χ0v) is 15.4. The number of benzene rings is 2. The van der Waals surface area contributed by atoms with Gasteiger partial charge >= 0.3 is 6.03 Å². The molecule has 2 amide bonds. The molecule has 0 aliphatic heterocycles. The Hall–Kier alpha value is -2.69. The normalized spacial score (nSPS) is 14.4. The van der Waals surface area contributed by atoms with E-state index >= 15 is 0 Å². The summed E-state index contributed by atoms with van der Waals surface area (Å²) in [6.07, 6.45) is 3.00. The predicted octanol–water partition coefficient (Wildman–Crippen LogP) is 3.28. The summed E-state index contributed by atoms with van der Waals surface area (Å²) in [5.41, 5.74) is 2.51. The molecule has 2 N–H and O–H groups in total. The standard InChI is InChI=1S/C21H26N2O3/c1-25-18-7-3-16(4-8-18)11-14-22-20(24)23-15-21(12-13-21)17-5-9-19(26-2)10-6-17/h3-10H,11-15H2,1-2H3,(H2,22,23,24). The Morgan fingerprint density at radius 2 is 1.50 bits per heavy atom. The molecule has 0 heterocycles. The van der Waals surface area contributed by atoms with Crippen molar-refractivity contribution in [2.45, 2.75) is 24.7 Å². The number of amides is 2. The fourth-order valence-corrected chi connectivity index (χ4v) is 3.09. The lowest BCUT2D eigenvalue weighted by Gasteiger charge is -2.17. The summed E-state index contributed by atoms with van der Waals surface area (Å²) in [5.74, 6) is 1.70. The summed E-state index contributed by atoms with van der Waals surface area (Å²) in [7, 11) is 3.32. The Bertz CT molecular complexity index is 722. The van der Waals surface area contributed by atoms with Gasteiger partial charge in [0.1, 0.15) is 11.5 Å². The molecule has 1 aliphatic carbocycles. The first-order chi connectivity index (χ1) is 12.6. The van der Waals surface area contributed by atoms with E-state index in [1.165, 1.54) is 11.1 Å². The van der Waals surface area contributed by atoms with Crippen molar-refractivity contribution in [2.75, 3.05) is 27.3 Å². The maximum atomic E-state index is 12.1. The van der Waals surface area contributed by atoms with Crippen LogP contribution in [0, 0.1) is 0 Å². The molecular formula is C21H26N2O3. The molecule has 26 heavy (non-hydrogen) atoms. The smallest absolute Gasteiger partial charge is 0.314 e. The van der Waals surface area contributed by atoms with Gasteiger partial charge in [0, 0.05) is 18.5 Å². The summed E-state index contributed by atoms with van der Waals surface area (Å²) >= 11 is 0. The molecule has 2 aromatic carbocycles. The van der Waals surface area contributed by atoms with Crippen molar-refractivity contribution in [1.29, 1.82) is 0 Å². The van der Waals surface area contributed by atoms with Gasteiger partial charge < -0.3 is 20.1 Å². The van der Waals surface area contributed by atoms with Crippen LogP contribution < -0.4 is 20.1 Å². The second-order valence-electron chi connectivity index (χ2n) is 6.72. The fraction of sp³-hybridized carbons (Fsp3) is 0.381. The molecule has 0 spiro atoms. The van der Waals surface area contributed by atoms with Gasteiger partial charge in [-0.3, -0.25) is 0 Å². The molecule has 0 saturated heterocycles. The number of methoxy groups -OCH3 is 2. The van der Waals surface area contributed by atoms with E-state index in [1.54, 1.807) is 14.2 Å². The van der Waals surface area contributed by atoms with Crippen LogP contribution >= 0.6 is 0 Å². The van der Waals surface area contributed by atoms with Gasteiger partial charge in [-0.25, -0.2) is 4.79 Å². The number of ether oxygens (including phenoxy) is 2. The van der Waals surface area contributed by atoms with Crippen LogP contribution in [0.1, 0.15) is 24.0 Å². The number of carbonyl (C=O) groups excluding carboxylic acids is 1. The monoisotopic (exact) mass is 354 g/mol. The van der Waals surface area contributed by atoms with Gasteiger partial charge in [-0.05, 0) is 54.7 Å². The van der Waals surface area contributed by atoms with E-state index in [4.69, 9.17) is 9.47 Å². The molecule has 5 heteroatoms. The van der Waals surface area contributed by atoms with Gasteiger partial charge in [0.05, 0.1) is 14.2 Å². The molecule has 0 aromatic heterocycles. The summed E-state index contributed by atoms with van der Waals surface area (Å²) < 4.78 is 10.4. The van der Waals surface area contributed by atoms with Crippen LogP contribution in [0.3, 0.4) is 0 Å². The predicted molar refractivity (Wildman–Crippen MR) is 102 cm³/mol. The lowest BCUT2D eigenvalue weighted by Crippen LogP contribution is -2.40. The van der Waals surface area contributed by atoms with Crippen molar-refractivity contribution in [2.24, 2.45) is 0 Å². The first-order valence-electron chi connectivity index (χ1n) is 8.94. The van der Waals surface area contributed by atoms with Crippen LogP contribution in [0.25, 0.3) is 0 Å². The van der Waals surface area contributed by atoms with Crippen LogP contribution in [-0.2, 0) is 11.8 Å². The second-order valence-corrected chi connectivity index (χ2v) is 6.72. The minimum absolute atomic E-state index is 0.0829. The highest BCUT2D eigenvalue weighted by Crippen LogP contribution is 2.47. The van der Waals surface area contributed by atoms with Crippen molar-refractivity contribution >= 4 is 6.03 Å². The average molecular weight is 354 g/mol. The molecule has 1 aliphatic rings. The molecular weight excluding hydrogens is 328 g/mol. The number of hydrogen-bond donors (Lipinski definition) is 2. The summed E-state index contributed by atoms with van der Waals surface area (Å²) in [5, 5.41) is 5.94. The first-order valence-corrected chi connectivity index (χ1v) is 8.94. The second kappa shape index (κ2) is 8.13. The number of rotatable bonds is 8. The van der Waals surface area contributed by atoms with E-state index < -0.39 is 0 Å². The molecule has 0 atom stereocenters. The van der Waals surface area contributed by atoms with Crippen LogP contribution in [0.15, 0.2) is 48.5 Å². The van der Waals surface area contributed by atoms with Gasteiger partial charge in [-0.15, -0.1) is 0 Å². The molecule has 0 radical (unpaired) electrons. The molecule has 5 nitrogen and oxygen atoms in total. The van der Waals surface area contributed by atoms with Crippen LogP contribution in [0.4, 0.5) is 4.79 Å². The lowest BCUT2D eigenvalue weighted by molar-refractivity contribution is 0.240. The Balaban J connectivity index is 1.42. The average Bonchev–Trinajstić information content (AvgIpc) is 3.48. The van der Waals surface area contributed by atoms with Crippen LogP contribution in [-0.4, -0.2) is 33.3 Å². The molecule has 1 saturated carbocycles. The van der Waals surface area contributed by atoms with Gasteiger partial charge in [-0.1, -0.05) is 24.3 Å². The molecule has 2 aromatic rings. The SMILES string of the molecule is COc1ccc(CCNC(=O)NCC2(c3ccc(OC)cc3)CC2)cc1. The number of carbonyl (C=O) groups is 1. The summed E-state index contributed by atoms with van der Waals surface area (Å²) in [6.45, 7) is 1.27. The van der Waals surface area contributed by atoms with Crippen LogP contribution in [0.5, 0.6) is 11.5 Å². The van der Waals surface area contributed by atoms with Gasteiger partial charge in [0.25, 0.3) is 0 Å². The highest BCUT2D eigenvalue weighted by atomic mass is 16.5. The maximum Gasteiger partial charge on any atom is 0.314 e. The molecule has 3 rings (SSSR count). The van der Waals surface area contributed by atoms with Gasteiger partial charge in [0.2, 0.25) is 0 Å². The third-order valence-electron chi connectivity index (χ3n) is 5.00. The summed E-state index contributed by atoms with van der Waals surface area (Å²) in [6, 6.07) is 15.9. The van der Waals surface area contributed by atoms with E-state index in [1.807, 2.05) is 36.4 Å². The lowest BCUT2D eigenvalue weighted by atomic mass is 9.96. The van der Waals surface area contributed by atoms with Crippen LogP contribution in [0.2, 0.25) is 0 Å². The largest absolute Gasteiger partial charge is 0.497 e. The maximum absolute atomic E-state index is 12.1. The van der Waals surface area contributed by atoms with Crippen molar-refractivity contribution in [1.82, 2.24) is 10.6 Å².